The molecule has 190 valence electrons. The zero-order valence-electron chi connectivity index (χ0n) is 20.1. The summed E-state index contributed by atoms with van der Waals surface area (Å²) in [6.07, 6.45) is 5.23. The van der Waals surface area contributed by atoms with Gasteiger partial charge in [-0.05, 0) is 18.9 Å². The minimum absolute atomic E-state index is 0.115. The Balaban J connectivity index is 2.23. The molecule has 0 aliphatic rings. The molecule has 35 heavy (non-hydrogen) atoms. The fraction of sp³-hybridized carbons (Fsp3) is 0.458. The third-order valence-electron chi connectivity index (χ3n) is 5.45. The van der Waals surface area contributed by atoms with E-state index in [1.54, 1.807) is 0 Å². The van der Waals surface area contributed by atoms with E-state index in [9.17, 15) is 19.2 Å². The number of hydrogen-bond donors (Lipinski definition) is 6. The van der Waals surface area contributed by atoms with Crippen LogP contribution in [0.3, 0.4) is 0 Å². The number of carbonyl (C=O) groups is 4. The molecule has 0 bridgehead atoms. The summed E-state index contributed by atoms with van der Waals surface area (Å²) in [5.41, 5.74) is 12.6. The average molecular weight is 486 g/mol. The largest absolute Gasteiger partial charge is 0.368 e. The standard InChI is InChI=1S/C24H35N7O4/c1-3-4-10-18(21(26)32)29-23(34)19(11-16-8-6-5-7-9-16)31-24(35)20(30-22(33)15(2)25)12-17-13-27-14-28-17/h5-9,13-15,18-20H,3-4,10-12,25H2,1-2H3,(H2,26,32)(H,27,28)(H,29,34)(H,30,33)(H,31,35). The van der Waals surface area contributed by atoms with Gasteiger partial charge in [-0.1, -0.05) is 50.1 Å². The van der Waals surface area contributed by atoms with E-state index in [-0.39, 0.29) is 12.8 Å². The van der Waals surface area contributed by atoms with Gasteiger partial charge >= 0.3 is 0 Å². The van der Waals surface area contributed by atoms with Gasteiger partial charge in [0.2, 0.25) is 23.6 Å². The number of nitrogens with zero attached hydrogens (tertiary/aromatic N) is 1. The molecular weight excluding hydrogens is 450 g/mol. The highest BCUT2D eigenvalue weighted by Gasteiger charge is 2.30. The van der Waals surface area contributed by atoms with E-state index in [2.05, 4.69) is 25.9 Å². The Kier molecular flexibility index (Phi) is 10.9. The van der Waals surface area contributed by atoms with Crippen molar-refractivity contribution in [3.05, 3.63) is 54.1 Å². The maximum atomic E-state index is 13.3. The highest BCUT2D eigenvalue weighted by molar-refractivity contribution is 5.94. The van der Waals surface area contributed by atoms with Gasteiger partial charge in [0.05, 0.1) is 12.4 Å². The van der Waals surface area contributed by atoms with E-state index in [0.29, 0.717) is 18.5 Å². The summed E-state index contributed by atoms with van der Waals surface area (Å²) in [6, 6.07) is 5.45. The number of unbranched alkanes of at least 4 members (excludes halogenated alkanes) is 1. The van der Waals surface area contributed by atoms with E-state index in [1.807, 2.05) is 37.3 Å². The van der Waals surface area contributed by atoms with Crippen molar-refractivity contribution in [2.24, 2.45) is 11.5 Å². The Morgan fingerprint density at radius 3 is 2.09 bits per heavy atom. The summed E-state index contributed by atoms with van der Waals surface area (Å²) in [5.74, 6) is -2.27. The molecule has 2 aromatic rings. The molecule has 0 fully saturated rings. The first-order chi connectivity index (χ1) is 16.7. The summed E-state index contributed by atoms with van der Waals surface area (Å²) in [5, 5.41) is 8.02. The highest BCUT2D eigenvalue weighted by atomic mass is 16.2. The van der Waals surface area contributed by atoms with Crippen molar-refractivity contribution in [2.45, 2.75) is 70.1 Å². The number of hydrogen-bond acceptors (Lipinski definition) is 6. The smallest absolute Gasteiger partial charge is 0.243 e. The molecule has 1 aromatic heterocycles. The molecule has 0 saturated carbocycles. The van der Waals surface area contributed by atoms with Gasteiger partial charge < -0.3 is 32.4 Å². The lowest BCUT2D eigenvalue weighted by atomic mass is 10.0. The van der Waals surface area contributed by atoms with Gasteiger partial charge in [-0.15, -0.1) is 0 Å². The van der Waals surface area contributed by atoms with Crippen LogP contribution in [-0.4, -0.2) is 57.8 Å². The van der Waals surface area contributed by atoms with Crippen LogP contribution in [0.4, 0.5) is 0 Å². The van der Waals surface area contributed by atoms with Gasteiger partial charge in [0.1, 0.15) is 18.1 Å². The molecule has 2 rings (SSSR count). The van der Waals surface area contributed by atoms with Crippen LogP contribution in [-0.2, 0) is 32.0 Å². The zero-order valence-corrected chi connectivity index (χ0v) is 20.1. The number of imidazole rings is 1. The van der Waals surface area contributed by atoms with Gasteiger partial charge in [0.25, 0.3) is 0 Å². The summed E-state index contributed by atoms with van der Waals surface area (Å²) >= 11 is 0. The predicted octanol–water partition coefficient (Wildman–Crippen LogP) is -0.328. The summed E-state index contributed by atoms with van der Waals surface area (Å²) in [7, 11) is 0. The van der Waals surface area contributed by atoms with Crippen molar-refractivity contribution in [3.8, 4) is 0 Å². The van der Waals surface area contributed by atoms with Gasteiger partial charge in [-0.2, -0.15) is 0 Å². The molecule has 1 heterocycles. The molecular formula is C24H35N7O4. The number of primary amides is 1. The van der Waals surface area contributed by atoms with Crippen LogP contribution in [0.1, 0.15) is 44.4 Å². The van der Waals surface area contributed by atoms with E-state index in [1.165, 1.54) is 19.4 Å². The molecule has 4 amide bonds. The average Bonchev–Trinajstić information content (AvgIpc) is 3.34. The van der Waals surface area contributed by atoms with Crippen molar-refractivity contribution in [3.63, 3.8) is 0 Å². The van der Waals surface area contributed by atoms with Crippen LogP contribution in [0.15, 0.2) is 42.9 Å². The van der Waals surface area contributed by atoms with Gasteiger partial charge in [-0.25, -0.2) is 4.98 Å². The fourth-order valence-corrected chi connectivity index (χ4v) is 3.43. The second kappa shape index (κ2) is 13.9. The molecule has 0 aliphatic carbocycles. The zero-order chi connectivity index (χ0) is 25.8. The number of carbonyl (C=O) groups excluding carboxylic acids is 4. The Bertz CT molecular complexity index is 964. The van der Waals surface area contributed by atoms with Crippen molar-refractivity contribution in [2.75, 3.05) is 0 Å². The number of aromatic nitrogens is 2. The number of aromatic amines is 1. The quantitative estimate of drug-likeness (QED) is 0.213. The number of nitrogens with one attached hydrogen (secondary N) is 4. The lowest BCUT2D eigenvalue weighted by Crippen LogP contribution is -2.58. The lowest BCUT2D eigenvalue weighted by Gasteiger charge is -2.25. The second-order valence-corrected chi connectivity index (χ2v) is 8.49. The maximum Gasteiger partial charge on any atom is 0.243 e. The molecule has 0 radical (unpaired) electrons. The molecule has 0 spiro atoms. The molecule has 0 saturated heterocycles. The minimum Gasteiger partial charge on any atom is -0.368 e. The number of rotatable bonds is 14. The lowest BCUT2D eigenvalue weighted by molar-refractivity contribution is -0.133. The number of benzene rings is 1. The SMILES string of the molecule is CCCCC(NC(=O)C(Cc1ccccc1)NC(=O)C(Cc1cnc[nH]1)NC(=O)C(C)N)C(N)=O. The molecule has 11 nitrogen and oxygen atoms in total. The Hall–Kier alpha value is -3.73. The second-order valence-electron chi connectivity index (χ2n) is 8.49. The topological polar surface area (TPSA) is 185 Å². The van der Waals surface area contributed by atoms with E-state index >= 15 is 0 Å². The molecule has 11 heteroatoms. The molecule has 1 aromatic carbocycles. The van der Waals surface area contributed by atoms with Crippen LogP contribution >= 0.6 is 0 Å². The summed E-state index contributed by atoms with van der Waals surface area (Å²) in [6.45, 7) is 3.47. The Labute approximate surface area is 204 Å². The van der Waals surface area contributed by atoms with Gasteiger partial charge in [0, 0.05) is 24.7 Å². The third-order valence-corrected chi connectivity index (χ3v) is 5.45. The third kappa shape index (κ3) is 9.20. The van der Waals surface area contributed by atoms with Crippen LogP contribution in [0.5, 0.6) is 0 Å². The first kappa shape index (κ1) is 27.5. The predicted molar refractivity (Wildman–Crippen MR) is 131 cm³/mol. The van der Waals surface area contributed by atoms with Crippen molar-refractivity contribution < 1.29 is 19.2 Å². The maximum absolute atomic E-state index is 13.3. The normalized spacial score (nSPS) is 14.3. The molecule has 4 atom stereocenters. The van der Waals surface area contributed by atoms with E-state index < -0.39 is 47.8 Å². The Morgan fingerprint density at radius 2 is 1.54 bits per heavy atom. The fourth-order valence-electron chi connectivity index (χ4n) is 3.43. The molecule has 0 aliphatic heterocycles. The number of amides is 4. The van der Waals surface area contributed by atoms with Crippen LogP contribution < -0.4 is 27.4 Å². The monoisotopic (exact) mass is 485 g/mol. The number of H-pyrrole nitrogens is 1. The van der Waals surface area contributed by atoms with E-state index in [0.717, 1.165) is 12.0 Å². The van der Waals surface area contributed by atoms with Crippen molar-refractivity contribution in [1.29, 1.82) is 0 Å². The first-order valence-corrected chi connectivity index (χ1v) is 11.7. The van der Waals surface area contributed by atoms with E-state index in [4.69, 9.17) is 11.5 Å². The van der Waals surface area contributed by atoms with Crippen molar-refractivity contribution in [1.82, 2.24) is 25.9 Å². The van der Waals surface area contributed by atoms with Crippen molar-refractivity contribution >= 4 is 23.6 Å². The van der Waals surface area contributed by atoms with Crippen LogP contribution in [0.25, 0.3) is 0 Å². The summed E-state index contributed by atoms with van der Waals surface area (Å²) < 4.78 is 0. The van der Waals surface area contributed by atoms with Crippen LogP contribution in [0.2, 0.25) is 0 Å². The number of nitrogens with two attached hydrogens (primary N) is 2. The Morgan fingerprint density at radius 1 is 0.943 bits per heavy atom. The van der Waals surface area contributed by atoms with Gasteiger partial charge in [0.15, 0.2) is 0 Å². The van der Waals surface area contributed by atoms with Crippen LogP contribution in [0, 0.1) is 0 Å². The molecule has 8 N–H and O–H groups in total. The summed E-state index contributed by atoms with van der Waals surface area (Å²) in [4.78, 5) is 57.4. The first-order valence-electron chi connectivity index (χ1n) is 11.7. The minimum atomic E-state index is -1.01. The van der Waals surface area contributed by atoms with Gasteiger partial charge in [-0.3, -0.25) is 19.2 Å². The molecule has 4 unspecified atom stereocenters. The highest BCUT2D eigenvalue weighted by Crippen LogP contribution is 2.07.